The number of anilines is 1. The van der Waals surface area contributed by atoms with Crippen molar-refractivity contribution < 1.29 is 17.9 Å². The molecule has 2 N–H and O–H groups in total. The minimum Gasteiger partial charge on any atom is -0.482 e. The van der Waals surface area contributed by atoms with E-state index in [1.54, 1.807) is 45.0 Å². The molecule has 0 unspecified atom stereocenters. The van der Waals surface area contributed by atoms with Gasteiger partial charge in [0.15, 0.2) is 6.61 Å². The van der Waals surface area contributed by atoms with Crippen molar-refractivity contribution in [1.82, 2.24) is 4.72 Å². The Bertz CT molecular complexity index is 941. The molecular weight excluding hydrogens is 411 g/mol. The van der Waals surface area contributed by atoms with Gasteiger partial charge in [-0.25, -0.2) is 13.1 Å². The summed E-state index contributed by atoms with van der Waals surface area (Å²) in [6.07, 6.45) is 0. The lowest BCUT2D eigenvalue weighted by Gasteiger charge is -2.20. The molecule has 0 aliphatic carbocycles. The Kier molecular flexibility index (Phi) is 6.75. The number of nitrogens with one attached hydrogen (secondary N) is 2. The van der Waals surface area contributed by atoms with E-state index in [2.05, 4.69) is 10.0 Å². The van der Waals surface area contributed by atoms with E-state index in [4.69, 9.17) is 27.9 Å². The van der Waals surface area contributed by atoms with Gasteiger partial charge in [-0.15, -0.1) is 0 Å². The van der Waals surface area contributed by atoms with Crippen molar-refractivity contribution in [2.45, 2.75) is 31.2 Å². The van der Waals surface area contributed by atoms with E-state index in [1.807, 2.05) is 0 Å². The molecule has 6 nitrogen and oxygen atoms in total. The Morgan fingerprint density at radius 3 is 2.44 bits per heavy atom. The van der Waals surface area contributed by atoms with Crippen LogP contribution in [0, 0.1) is 0 Å². The molecule has 0 spiro atoms. The first kappa shape index (κ1) is 21.5. The van der Waals surface area contributed by atoms with Crippen LogP contribution in [0.15, 0.2) is 47.4 Å². The third-order valence-electron chi connectivity index (χ3n) is 3.12. The van der Waals surface area contributed by atoms with Gasteiger partial charge in [-0.05, 0) is 57.2 Å². The van der Waals surface area contributed by atoms with Crippen LogP contribution in [0.4, 0.5) is 5.69 Å². The second kappa shape index (κ2) is 8.48. The molecule has 0 radical (unpaired) electrons. The van der Waals surface area contributed by atoms with Gasteiger partial charge in [-0.2, -0.15) is 0 Å². The van der Waals surface area contributed by atoms with E-state index in [0.29, 0.717) is 16.5 Å². The molecule has 0 saturated heterocycles. The maximum absolute atomic E-state index is 12.4. The van der Waals surface area contributed by atoms with Gasteiger partial charge >= 0.3 is 0 Å². The van der Waals surface area contributed by atoms with Gasteiger partial charge in [0.25, 0.3) is 5.91 Å². The lowest BCUT2D eigenvalue weighted by molar-refractivity contribution is -0.118. The van der Waals surface area contributed by atoms with Crippen molar-refractivity contribution in [3.05, 3.63) is 52.5 Å². The Balaban J connectivity index is 2.04. The fourth-order valence-corrected chi connectivity index (χ4v) is 4.06. The van der Waals surface area contributed by atoms with Crippen LogP contribution in [0.1, 0.15) is 20.8 Å². The van der Waals surface area contributed by atoms with Crippen molar-refractivity contribution in [2.24, 2.45) is 0 Å². The highest BCUT2D eigenvalue weighted by Crippen LogP contribution is 2.27. The lowest BCUT2D eigenvalue weighted by atomic mass is 10.1. The first-order chi connectivity index (χ1) is 12.5. The number of benzene rings is 2. The second-order valence-electron chi connectivity index (χ2n) is 6.79. The SMILES string of the molecule is CC(C)(C)NS(=O)(=O)c1cccc(NC(=O)COc2ccc(Cl)cc2Cl)c1. The normalized spacial score (nSPS) is 11.9. The van der Waals surface area contributed by atoms with E-state index in [9.17, 15) is 13.2 Å². The topological polar surface area (TPSA) is 84.5 Å². The molecule has 2 rings (SSSR count). The standard InChI is InChI=1S/C18H20Cl2N2O4S/c1-18(2,3)22-27(24,25)14-6-4-5-13(10-14)21-17(23)11-26-16-8-7-12(19)9-15(16)20/h4-10,22H,11H2,1-3H3,(H,21,23). The number of hydrogen-bond donors (Lipinski definition) is 2. The number of hydrogen-bond acceptors (Lipinski definition) is 4. The summed E-state index contributed by atoms with van der Waals surface area (Å²) >= 11 is 11.8. The average molecular weight is 431 g/mol. The molecule has 146 valence electrons. The van der Waals surface area contributed by atoms with Gasteiger partial charge in [-0.3, -0.25) is 4.79 Å². The average Bonchev–Trinajstić information content (AvgIpc) is 2.52. The summed E-state index contributed by atoms with van der Waals surface area (Å²) in [5, 5.41) is 3.34. The van der Waals surface area contributed by atoms with Crippen LogP contribution in [0.2, 0.25) is 10.0 Å². The van der Waals surface area contributed by atoms with Crippen molar-refractivity contribution in [2.75, 3.05) is 11.9 Å². The van der Waals surface area contributed by atoms with Crippen molar-refractivity contribution >= 4 is 44.8 Å². The molecule has 0 atom stereocenters. The zero-order valence-corrected chi connectivity index (χ0v) is 17.4. The summed E-state index contributed by atoms with van der Waals surface area (Å²) in [5.41, 5.74) is -0.286. The van der Waals surface area contributed by atoms with Gasteiger partial charge in [0.1, 0.15) is 5.75 Å². The fraction of sp³-hybridized carbons (Fsp3) is 0.278. The largest absolute Gasteiger partial charge is 0.482 e. The first-order valence-corrected chi connectivity index (χ1v) is 10.2. The highest BCUT2D eigenvalue weighted by Gasteiger charge is 2.22. The van der Waals surface area contributed by atoms with Gasteiger partial charge < -0.3 is 10.1 Å². The number of ether oxygens (including phenoxy) is 1. The number of amides is 1. The number of carbonyl (C=O) groups is 1. The predicted octanol–water partition coefficient (Wildman–Crippen LogP) is 4.09. The zero-order valence-electron chi connectivity index (χ0n) is 15.0. The van der Waals surface area contributed by atoms with E-state index < -0.39 is 21.5 Å². The van der Waals surface area contributed by atoms with Crippen LogP contribution in [0.5, 0.6) is 5.75 Å². The molecule has 2 aromatic carbocycles. The van der Waals surface area contributed by atoms with Crippen LogP contribution in [-0.4, -0.2) is 26.5 Å². The monoisotopic (exact) mass is 430 g/mol. The van der Waals surface area contributed by atoms with Gasteiger partial charge in [0.2, 0.25) is 10.0 Å². The molecule has 0 aliphatic heterocycles. The summed E-state index contributed by atoms with van der Waals surface area (Å²) in [4.78, 5) is 12.1. The molecule has 0 saturated carbocycles. The van der Waals surface area contributed by atoms with Crippen LogP contribution in [0.25, 0.3) is 0 Å². The minimum absolute atomic E-state index is 0.0527. The van der Waals surface area contributed by atoms with E-state index in [1.165, 1.54) is 18.2 Å². The summed E-state index contributed by atoms with van der Waals surface area (Å²) in [5.74, 6) is -0.138. The first-order valence-electron chi connectivity index (χ1n) is 7.98. The van der Waals surface area contributed by atoms with Crippen molar-refractivity contribution in [3.63, 3.8) is 0 Å². The predicted molar refractivity (Wildman–Crippen MR) is 107 cm³/mol. The quantitative estimate of drug-likeness (QED) is 0.722. The molecule has 0 aliphatic rings. The molecule has 27 heavy (non-hydrogen) atoms. The summed E-state index contributed by atoms with van der Waals surface area (Å²) in [6.45, 7) is 4.94. The number of sulfonamides is 1. The zero-order chi connectivity index (χ0) is 20.2. The van der Waals surface area contributed by atoms with Gasteiger partial charge in [-0.1, -0.05) is 29.3 Å². The van der Waals surface area contributed by atoms with E-state index >= 15 is 0 Å². The third-order valence-corrected chi connectivity index (χ3v) is 5.41. The Morgan fingerprint density at radius 2 is 1.81 bits per heavy atom. The maximum Gasteiger partial charge on any atom is 0.262 e. The summed E-state index contributed by atoms with van der Waals surface area (Å²) in [7, 11) is -3.70. The molecule has 2 aromatic rings. The summed E-state index contributed by atoms with van der Waals surface area (Å²) in [6, 6.07) is 10.6. The van der Waals surface area contributed by atoms with Gasteiger partial charge in [0, 0.05) is 16.2 Å². The van der Waals surface area contributed by atoms with Gasteiger partial charge in [0.05, 0.1) is 9.92 Å². The van der Waals surface area contributed by atoms with Crippen LogP contribution in [0.3, 0.4) is 0 Å². The molecular formula is C18H20Cl2N2O4S. The summed E-state index contributed by atoms with van der Waals surface area (Å²) < 4.78 is 32.7. The van der Waals surface area contributed by atoms with Crippen LogP contribution in [-0.2, 0) is 14.8 Å². The molecule has 1 amide bonds. The second-order valence-corrected chi connectivity index (χ2v) is 9.32. The minimum atomic E-state index is -3.70. The third kappa shape index (κ3) is 6.70. The molecule has 9 heteroatoms. The lowest BCUT2D eigenvalue weighted by Crippen LogP contribution is -2.40. The Hall–Kier alpha value is -1.80. The number of rotatable bonds is 6. The van der Waals surface area contributed by atoms with Crippen molar-refractivity contribution in [1.29, 1.82) is 0 Å². The van der Waals surface area contributed by atoms with E-state index in [-0.39, 0.29) is 16.5 Å². The molecule has 0 bridgehead atoms. The molecule has 0 heterocycles. The van der Waals surface area contributed by atoms with Crippen LogP contribution < -0.4 is 14.8 Å². The molecule has 0 aromatic heterocycles. The molecule has 0 fully saturated rings. The van der Waals surface area contributed by atoms with Crippen LogP contribution >= 0.6 is 23.2 Å². The number of carbonyl (C=O) groups excluding carboxylic acids is 1. The smallest absolute Gasteiger partial charge is 0.262 e. The fourth-order valence-electron chi connectivity index (χ4n) is 2.14. The van der Waals surface area contributed by atoms with E-state index in [0.717, 1.165) is 0 Å². The Labute approximate surface area is 168 Å². The van der Waals surface area contributed by atoms with Crippen molar-refractivity contribution in [3.8, 4) is 5.75 Å². The Morgan fingerprint density at radius 1 is 1.11 bits per heavy atom. The highest BCUT2D eigenvalue weighted by atomic mass is 35.5. The maximum atomic E-state index is 12.4. The highest BCUT2D eigenvalue weighted by molar-refractivity contribution is 7.89. The number of halogens is 2.